The Morgan fingerprint density at radius 1 is 1.33 bits per heavy atom. The first-order chi connectivity index (χ1) is 10.0. The second-order valence-electron chi connectivity index (χ2n) is 6.18. The molecule has 112 valence electrons. The molecule has 21 heavy (non-hydrogen) atoms. The van der Waals surface area contributed by atoms with Crippen molar-refractivity contribution in [1.82, 2.24) is 4.90 Å². The van der Waals surface area contributed by atoms with Crippen molar-refractivity contribution in [2.24, 2.45) is 5.41 Å². The van der Waals surface area contributed by atoms with Gasteiger partial charge in [0.15, 0.2) is 0 Å². The maximum atomic E-state index is 12.0. The van der Waals surface area contributed by atoms with Crippen molar-refractivity contribution in [2.75, 3.05) is 25.0 Å². The quantitative estimate of drug-likeness (QED) is 0.925. The van der Waals surface area contributed by atoms with E-state index in [9.17, 15) is 4.79 Å². The highest BCUT2D eigenvalue weighted by Crippen LogP contribution is 2.33. The Kier molecular flexibility index (Phi) is 4.98. The molecular weight excluding hydrogens is 262 g/mol. The predicted molar refractivity (Wildman–Crippen MR) is 83.9 cm³/mol. The lowest BCUT2D eigenvalue weighted by molar-refractivity contribution is -0.117. The summed E-state index contributed by atoms with van der Waals surface area (Å²) in [5, 5.41) is 11.6. The molecule has 2 rings (SSSR count). The van der Waals surface area contributed by atoms with Gasteiger partial charge in [0, 0.05) is 5.69 Å². The summed E-state index contributed by atoms with van der Waals surface area (Å²) in [7, 11) is 0. The van der Waals surface area contributed by atoms with Crippen molar-refractivity contribution in [3.63, 3.8) is 0 Å². The molecule has 1 amide bonds. The first-order valence-electron chi connectivity index (χ1n) is 7.57. The SMILES string of the molecule is CCC1(C)CCN(CC(=O)Nc2ccc(C#N)cc2)CC1. The molecule has 0 atom stereocenters. The molecule has 0 aliphatic carbocycles. The van der Waals surface area contributed by atoms with E-state index >= 15 is 0 Å². The van der Waals surface area contributed by atoms with Crippen LogP contribution in [0.4, 0.5) is 5.69 Å². The fraction of sp³-hybridized carbons (Fsp3) is 0.529. The van der Waals surface area contributed by atoms with Crippen molar-refractivity contribution in [3.05, 3.63) is 29.8 Å². The zero-order valence-electron chi connectivity index (χ0n) is 12.9. The fourth-order valence-electron chi connectivity index (χ4n) is 2.64. The number of hydrogen-bond acceptors (Lipinski definition) is 3. The molecule has 1 N–H and O–H groups in total. The molecule has 1 aliphatic heterocycles. The van der Waals surface area contributed by atoms with Gasteiger partial charge in [-0.25, -0.2) is 0 Å². The summed E-state index contributed by atoms with van der Waals surface area (Å²) >= 11 is 0. The van der Waals surface area contributed by atoms with E-state index in [4.69, 9.17) is 5.26 Å². The highest BCUT2D eigenvalue weighted by Gasteiger charge is 2.28. The predicted octanol–water partition coefficient (Wildman–Crippen LogP) is 3.01. The Morgan fingerprint density at radius 3 is 2.48 bits per heavy atom. The number of anilines is 1. The lowest BCUT2D eigenvalue weighted by Gasteiger charge is -2.38. The van der Waals surface area contributed by atoms with E-state index < -0.39 is 0 Å². The third-order valence-electron chi connectivity index (χ3n) is 4.58. The van der Waals surface area contributed by atoms with E-state index in [2.05, 4.69) is 30.1 Å². The largest absolute Gasteiger partial charge is 0.325 e. The van der Waals surface area contributed by atoms with E-state index in [-0.39, 0.29) is 5.91 Å². The Morgan fingerprint density at radius 2 is 1.95 bits per heavy atom. The van der Waals surface area contributed by atoms with Crippen LogP contribution < -0.4 is 5.32 Å². The number of likely N-dealkylation sites (tertiary alicyclic amines) is 1. The Balaban J connectivity index is 1.81. The molecule has 1 aromatic carbocycles. The van der Waals surface area contributed by atoms with Crippen LogP contribution in [-0.2, 0) is 4.79 Å². The van der Waals surface area contributed by atoms with Gasteiger partial charge in [-0.2, -0.15) is 5.26 Å². The van der Waals surface area contributed by atoms with Crippen LogP contribution in [0.3, 0.4) is 0 Å². The number of rotatable bonds is 4. The maximum Gasteiger partial charge on any atom is 0.238 e. The zero-order chi connectivity index (χ0) is 15.3. The van der Waals surface area contributed by atoms with Crippen molar-refractivity contribution in [3.8, 4) is 6.07 Å². The van der Waals surface area contributed by atoms with Crippen molar-refractivity contribution >= 4 is 11.6 Å². The summed E-state index contributed by atoms with van der Waals surface area (Å²) in [6, 6.07) is 9.02. The molecule has 0 aromatic heterocycles. The standard InChI is InChI=1S/C17H23N3O/c1-3-17(2)8-10-20(11-9-17)13-16(21)19-15-6-4-14(12-18)5-7-15/h4-7H,3,8-11,13H2,1-2H3,(H,19,21). The second-order valence-corrected chi connectivity index (χ2v) is 6.18. The van der Waals surface area contributed by atoms with Gasteiger partial charge in [0.25, 0.3) is 0 Å². The molecule has 1 heterocycles. The van der Waals surface area contributed by atoms with Crippen LogP contribution in [0.15, 0.2) is 24.3 Å². The topological polar surface area (TPSA) is 56.1 Å². The van der Waals surface area contributed by atoms with E-state index in [1.807, 2.05) is 0 Å². The van der Waals surface area contributed by atoms with Gasteiger partial charge in [-0.1, -0.05) is 20.3 Å². The molecule has 0 unspecified atom stereocenters. The number of benzene rings is 1. The minimum absolute atomic E-state index is 0.0137. The second kappa shape index (κ2) is 6.73. The molecule has 4 nitrogen and oxygen atoms in total. The van der Waals surface area contributed by atoms with Crippen LogP contribution in [0.5, 0.6) is 0 Å². The number of nitrogens with one attached hydrogen (secondary N) is 1. The average Bonchev–Trinajstić information content (AvgIpc) is 2.50. The van der Waals surface area contributed by atoms with Gasteiger partial charge in [-0.15, -0.1) is 0 Å². The number of piperidine rings is 1. The highest BCUT2D eigenvalue weighted by molar-refractivity contribution is 5.92. The molecule has 4 heteroatoms. The number of nitrogens with zero attached hydrogens (tertiary/aromatic N) is 2. The smallest absolute Gasteiger partial charge is 0.238 e. The summed E-state index contributed by atoms with van der Waals surface area (Å²) in [6.07, 6.45) is 3.53. The molecule has 0 spiro atoms. The van der Waals surface area contributed by atoms with Crippen LogP contribution in [-0.4, -0.2) is 30.4 Å². The Bertz CT molecular complexity index is 522. The van der Waals surface area contributed by atoms with Gasteiger partial charge in [0.1, 0.15) is 0 Å². The lowest BCUT2D eigenvalue weighted by Crippen LogP contribution is -2.42. The number of carbonyl (C=O) groups excluding carboxylic acids is 1. The van der Waals surface area contributed by atoms with Gasteiger partial charge in [-0.3, -0.25) is 9.69 Å². The van der Waals surface area contributed by atoms with Crippen LogP contribution in [0.25, 0.3) is 0 Å². The van der Waals surface area contributed by atoms with Crippen LogP contribution in [0.2, 0.25) is 0 Å². The summed E-state index contributed by atoms with van der Waals surface area (Å²) < 4.78 is 0. The molecule has 1 fully saturated rings. The van der Waals surface area contributed by atoms with Crippen molar-refractivity contribution < 1.29 is 4.79 Å². The molecular formula is C17H23N3O. The third kappa shape index (κ3) is 4.30. The molecule has 0 saturated carbocycles. The Hall–Kier alpha value is -1.86. The monoisotopic (exact) mass is 285 g/mol. The van der Waals surface area contributed by atoms with Crippen LogP contribution in [0, 0.1) is 16.7 Å². The number of hydrogen-bond donors (Lipinski definition) is 1. The van der Waals surface area contributed by atoms with E-state index in [1.165, 1.54) is 6.42 Å². The van der Waals surface area contributed by atoms with Gasteiger partial charge in [0.2, 0.25) is 5.91 Å². The average molecular weight is 285 g/mol. The Labute approximate surface area is 126 Å². The van der Waals surface area contributed by atoms with Crippen molar-refractivity contribution in [1.29, 1.82) is 5.26 Å². The molecule has 1 saturated heterocycles. The number of carbonyl (C=O) groups is 1. The minimum Gasteiger partial charge on any atom is -0.325 e. The van der Waals surface area contributed by atoms with E-state index in [0.29, 0.717) is 17.5 Å². The zero-order valence-corrected chi connectivity index (χ0v) is 12.9. The third-order valence-corrected chi connectivity index (χ3v) is 4.58. The van der Waals surface area contributed by atoms with Gasteiger partial charge < -0.3 is 5.32 Å². The maximum absolute atomic E-state index is 12.0. The van der Waals surface area contributed by atoms with Crippen molar-refractivity contribution in [2.45, 2.75) is 33.1 Å². The number of amides is 1. The first-order valence-corrected chi connectivity index (χ1v) is 7.57. The molecule has 1 aliphatic rings. The fourth-order valence-corrected chi connectivity index (χ4v) is 2.64. The summed E-state index contributed by atoms with van der Waals surface area (Å²) in [5.74, 6) is 0.0137. The van der Waals surface area contributed by atoms with Gasteiger partial charge >= 0.3 is 0 Å². The summed E-state index contributed by atoms with van der Waals surface area (Å²) in [4.78, 5) is 14.3. The molecule has 0 radical (unpaired) electrons. The lowest BCUT2D eigenvalue weighted by atomic mass is 9.78. The highest BCUT2D eigenvalue weighted by atomic mass is 16.2. The first kappa shape index (κ1) is 15.5. The number of nitriles is 1. The molecule has 1 aromatic rings. The normalized spacial score (nSPS) is 18.0. The summed E-state index contributed by atoms with van der Waals surface area (Å²) in [6.45, 7) is 7.00. The van der Waals surface area contributed by atoms with Crippen LogP contribution >= 0.6 is 0 Å². The van der Waals surface area contributed by atoms with E-state index in [1.54, 1.807) is 24.3 Å². The molecule has 0 bridgehead atoms. The van der Waals surface area contributed by atoms with Crippen LogP contribution in [0.1, 0.15) is 38.7 Å². The van der Waals surface area contributed by atoms with Gasteiger partial charge in [0.05, 0.1) is 18.2 Å². The summed E-state index contributed by atoms with van der Waals surface area (Å²) in [5.41, 5.74) is 1.79. The minimum atomic E-state index is 0.0137. The van der Waals surface area contributed by atoms with E-state index in [0.717, 1.165) is 31.6 Å². The van der Waals surface area contributed by atoms with Gasteiger partial charge in [-0.05, 0) is 55.6 Å².